The zero-order valence-electron chi connectivity index (χ0n) is 11.3. The molecule has 0 aliphatic heterocycles. The van der Waals surface area contributed by atoms with Crippen molar-refractivity contribution in [1.29, 1.82) is 0 Å². The van der Waals surface area contributed by atoms with Crippen molar-refractivity contribution in [3.05, 3.63) is 17.2 Å². The molecule has 0 heterocycles. The number of halogens is 1. The lowest BCUT2D eigenvalue weighted by Gasteiger charge is -2.15. The van der Waals surface area contributed by atoms with Gasteiger partial charge in [0.25, 0.3) is 0 Å². The Morgan fingerprint density at radius 2 is 1.90 bits per heavy atom. The summed E-state index contributed by atoms with van der Waals surface area (Å²) < 4.78 is 10.1. The predicted octanol–water partition coefficient (Wildman–Crippen LogP) is 0.924. The number of ether oxygens (including phenoxy) is 2. The molecule has 9 heteroatoms. The van der Waals surface area contributed by atoms with Gasteiger partial charge < -0.3 is 30.3 Å². The van der Waals surface area contributed by atoms with Crippen molar-refractivity contribution in [1.82, 2.24) is 5.32 Å². The van der Waals surface area contributed by atoms with E-state index in [1.165, 1.54) is 26.4 Å². The van der Waals surface area contributed by atoms with Crippen LogP contribution in [-0.2, 0) is 4.79 Å². The van der Waals surface area contributed by atoms with E-state index in [2.05, 4.69) is 10.6 Å². The summed E-state index contributed by atoms with van der Waals surface area (Å²) in [6.07, 6.45) is 0. The second-order valence-electron chi connectivity index (χ2n) is 3.86. The number of carboxylic acids is 1. The van der Waals surface area contributed by atoms with E-state index >= 15 is 0 Å². The van der Waals surface area contributed by atoms with Crippen LogP contribution >= 0.6 is 11.6 Å². The molecule has 2 amide bonds. The minimum atomic E-state index is -1.41. The summed E-state index contributed by atoms with van der Waals surface area (Å²) in [5.74, 6) is -0.773. The molecule has 0 radical (unpaired) electrons. The van der Waals surface area contributed by atoms with Gasteiger partial charge in [-0.1, -0.05) is 11.6 Å². The number of carbonyl (C=O) groups excluding carboxylic acids is 1. The van der Waals surface area contributed by atoms with Gasteiger partial charge >= 0.3 is 12.0 Å². The van der Waals surface area contributed by atoms with Gasteiger partial charge in [-0.2, -0.15) is 0 Å². The molecular weight excluding hydrogens is 304 g/mol. The SMILES string of the molecule is COc1cc(NC(=O)NC(CO)C(=O)O)c(OC)cc1Cl. The van der Waals surface area contributed by atoms with Gasteiger partial charge in [0.2, 0.25) is 0 Å². The van der Waals surface area contributed by atoms with Crippen molar-refractivity contribution in [3.8, 4) is 11.5 Å². The van der Waals surface area contributed by atoms with E-state index in [0.717, 1.165) is 0 Å². The maximum absolute atomic E-state index is 11.7. The van der Waals surface area contributed by atoms with Crippen LogP contribution in [0.5, 0.6) is 11.5 Å². The largest absolute Gasteiger partial charge is 0.495 e. The molecule has 0 saturated carbocycles. The molecule has 4 N–H and O–H groups in total. The van der Waals surface area contributed by atoms with Gasteiger partial charge in [0, 0.05) is 12.1 Å². The van der Waals surface area contributed by atoms with Gasteiger partial charge in [-0.3, -0.25) is 0 Å². The quantitative estimate of drug-likeness (QED) is 0.619. The molecule has 1 atom stereocenters. The van der Waals surface area contributed by atoms with Crippen LogP contribution in [0, 0.1) is 0 Å². The number of rotatable bonds is 6. The first kappa shape index (κ1) is 16.9. The number of carbonyl (C=O) groups is 2. The monoisotopic (exact) mass is 318 g/mol. The number of benzene rings is 1. The summed E-state index contributed by atoms with van der Waals surface area (Å²) >= 11 is 5.92. The minimum absolute atomic E-state index is 0.235. The fraction of sp³-hybridized carbons (Fsp3) is 0.333. The maximum Gasteiger partial charge on any atom is 0.328 e. The van der Waals surface area contributed by atoms with Crippen LogP contribution in [0.25, 0.3) is 0 Å². The molecule has 21 heavy (non-hydrogen) atoms. The molecule has 0 bridgehead atoms. The molecule has 0 aliphatic rings. The van der Waals surface area contributed by atoms with Crippen LogP contribution in [0.3, 0.4) is 0 Å². The third-order valence-electron chi connectivity index (χ3n) is 2.51. The van der Waals surface area contributed by atoms with Gasteiger partial charge in [0.05, 0.1) is 31.5 Å². The number of aliphatic hydroxyl groups excluding tert-OH is 1. The summed E-state index contributed by atoms with van der Waals surface area (Å²) in [4.78, 5) is 22.4. The minimum Gasteiger partial charge on any atom is -0.495 e. The second kappa shape index (κ2) is 7.55. The van der Waals surface area contributed by atoms with Gasteiger partial charge in [0.1, 0.15) is 11.5 Å². The first-order chi connectivity index (χ1) is 9.92. The number of methoxy groups -OCH3 is 2. The van der Waals surface area contributed by atoms with Gasteiger partial charge in [-0.25, -0.2) is 9.59 Å². The lowest BCUT2D eigenvalue weighted by molar-refractivity contribution is -0.140. The third-order valence-corrected chi connectivity index (χ3v) is 2.80. The van der Waals surface area contributed by atoms with Crippen LogP contribution in [0.1, 0.15) is 0 Å². The Bertz CT molecular complexity index is 537. The van der Waals surface area contributed by atoms with Crippen LogP contribution < -0.4 is 20.1 Å². The molecule has 0 spiro atoms. The molecular formula is C12H15ClN2O6. The van der Waals surface area contributed by atoms with Crippen LogP contribution in [0.2, 0.25) is 5.02 Å². The highest BCUT2D eigenvalue weighted by Crippen LogP contribution is 2.35. The lowest BCUT2D eigenvalue weighted by atomic mass is 10.2. The standard InChI is InChI=1S/C12H15ClN2O6/c1-20-9-4-7(10(21-2)3-6(9)13)14-12(19)15-8(5-16)11(17)18/h3-4,8,16H,5H2,1-2H3,(H,17,18)(H2,14,15,19). The van der Waals surface area contributed by atoms with Crippen LogP contribution in [0.4, 0.5) is 10.5 Å². The second-order valence-corrected chi connectivity index (χ2v) is 4.27. The van der Waals surface area contributed by atoms with Gasteiger partial charge in [0.15, 0.2) is 6.04 Å². The molecule has 1 aromatic rings. The van der Waals surface area contributed by atoms with E-state index in [9.17, 15) is 9.59 Å². The molecule has 116 valence electrons. The van der Waals surface area contributed by atoms with E-state index in [4.69, 9.17) is 31.3 Å². The topological polar surface area (TPSA) is 117 Å². The van der Waals surface area contributed by atoms with Crippen molar-refractivity contribution >= 4 is 29.3 Å². The van der Waals surface area contributed by atoms with Crippen molar-refractivity contribution in [2.45, 2.75) is 6.04 Å². The zero-order chi connectivity index (χ0) is 16.0. The van der Waals surface area contributed by atoms with E-state index in [0.29, 0.717) is 10.8 Å². The molecule has 8 nitrogen and oxygen atoms in total. The number of nitrogens with one attached hydrogen (secondary N) is 2. The molecule has 0 aromatic heterocycles. The fourth-order valence-electron chi connectivity index (χ4n) is 1.46. The number of amides is 2. The summed E-state index contributed by atoms with van der Waals surface area (Å²) in [6, 6.07) is 0.635. The van der Waals surface area contributed by atoms with Crippen molar-refractivity contribution in [2.24, 2.45) is 0 Å². The number of aliphatic carboxylic acids is 1. The third kappa shape index (κ3) is 4.40. The summed E-state index contributed by atoms with van der Waals surface area (Å²) in [5.41, 5.74) is 0.235. The van der Waals surface area contributed by atoms with Gasteiger partial charge in [-0.05, 0) is 0 Å². The average Bonchev–Trinajstić information content (AvgIpc) is 2.45. The zero-order valence-corrected chi connectivity index (χ0v) is 12.1. The van der Waals surface area contributed by atoms with E-state index < -0.39 is 24.6 Å². The summed E-state index contributed by atoms with van der Waals surface area (Å²) in [7, 11) is 2.79. The number of hydrogen-bond donors (Lipinski definition) is 4. The van der Waals surface area contributed by atoms with Crippen molar-refractivity contribution < 1.29 is 29.3 Å². The summed E-state index contributed by atoms with van der Waals surface area (Å²) in [6.45, 7) is -0.732. The molecule has 1 unspecified atom stereocenters. The van der Waals surface area contributed by atoms with E-state index in [1.807, 2.05) is 0 Å². The van der Waals surface area contributed by atoms with Crippen LogP contribution in [-0.4, -0.2) is 49.1 Å². The number of urea groups is 1. The number of hydrogen-bond acceptors (Lipinski definition) is 5. The number of anilines is 1. The van der Waals surface area contributed by atoms with Crippen LogP contribution in [0.15, 0.2) is 12.1 Å². The highest BCUT2D eigenvalue weighted by Gasteiger charge is 2.20. The molecule has 1 rings (SSSR count). The average molecular weight is 319 g/mol. The Hall–Kier alpha value is -2.19. The molecule has 0 aliphatic carbocycles. The number of aliphatic hydroxyl groups is 1. The normalized spacial score (nSPS) is 11.4. The molecule has 0 saturated heterocycles. The lowest BCUT2D eigenvalue weighted by Crippen LogP contribution is -2.45. The first-order valence-corrected chi connectivity index (χ1v) is 6.13. The van der Waals surface area contributed by atoms with E-state index in [1.54, 1.807) is 0 Å². The highest BCUT2D eigenvalue weighted by atomic mass is 35.5. The maximum atomic E-state index is 11.7. The fourth-order valence-corrected chi connectivity index (χ4v) is 1.69. The first-order valence-electron chi connectivity index (χ1n) is 5.75. The van der Waals surface area contributed by atoms with Crippen molar-refractivity contribution in [2.75, 3.05) is 26.1 Å². The summed E-state index contributed by atoms with van der Waals surface area (Å²) in [5, 5.41) is 22.4. The Morgan fingerprint density at radius 1 is 1.29 bits per heavy atom. The highest BCUT2D eigenvalue weighted by molar-refractivity contribution is 6.32. The van der Waals surface area contributed by atoms with E-state index in [-0.39, 0.29) is 11.4 Å². The Kier molecular flexibility index (Phi) is 6.07. The smallest absolute Gasteiger partial charge is 0.328 e. The van der Waals surface area contributed by atoms with Crippen molar-refractivity contribution in [3.63, 3.8) is 0 Å². The Balaban J connectivity index is 2.91. The van der Waals surface area contributed by atoms with Gasteiger partial charge in [-0.15, -0.1) is 0 Å². The Morgan fingerprint density at radius 3 is 2.38 bits per heavy atom. The number of carboxylic acid groups (broad SMARTS) is 1. The molecule has 1 aromatic carbocycles. The molecule has 0 fully saturated rings. The Labute approximate surface area is 125 Å². The predicted molar refractivity (Wildman–Crippen MR) is 75.2 cm³/mol.